The van der Waals surface area contributed by atoms with Gasteiger partial charge in [-0.1, -0.05) is 6.07 Å². The number of carbonyl (C=O) groups is 1. The standard InChI is InChI=1S/C18H14N2O4S/c1-22-13-5-3-12(4-6-13)20-17(21)14(19-18(20)25)8-11-2-7-15-16(9-11)24-10-23-15/h2-9H,10H2,1H3,(H,19,25). The van der Waals surface area contributed by atoms with E-state index in [1.165, 1.54) is 4.90 Å². The molecule has 0 atom stereocenters. The highest BCUT2D eigenvalue weighted by Crippen LogP contribution is 2.33. The molecule has 126 valence electrons. The van der Waals surface area contributed by atoms with Crippen molar-refractivity contribution < 1.29 is 19.0 Å². The Morgan fingerprint density at radius 1 is 1.16 bits per heavy atom. The molecule has 6 nitrogen and oxygen atoms in total. The summed E-state index contributed by atoms with van der Waals surface area (Å²) in [6, 6.07) is 12.6. The second kappa shape index (κ2) is 6.10. The van der Waals surface area contributed by atoms with Gasteiger partial charge in [-0.05, 0) is 60.3 Å². The minimum absolute atomic E-state index is 0.210. The fourth-order valence-electron chi connectivity index (χ4n) is 2.67. The first kappa shape index (κ1) is 15.5. The molecule has 0 aliphatic carbocycles. The number of nitrogens with zero attached hydrogens (tertiary/aromatic N) is 1. The van der Waals surface area contributed by atoms with Gasteiger partial charge in [-0.25, -0.2) is 0 Å². The third kappa shape index (κ3) is 2.78. The third-order valence-electron chi connectivity index (χ3n) is 3.92. The lowest BCUT2D eigenvalue weighted by Gasteiger charge is -2.14. The van der Waals surface area contributed by atoms with Gasteiger partial charge in [0, 0.05) is 0 Å². The topological polar surface area (TPSA) is 60.0 Å². The Hall–Kier alpha value is -3.06. The van der Waals surface area contributed by atoms with Crippen LogP contribution in [0.3, 0.4) is 0 Å². The largest absolute Gasteiger partial charge is 0.497 e. The van der Waals surface area contributed by atoms with Crippen molar-refractivity contribution in [2.45, 2.75) is 0 Å². The van der Waals surface area contributed by atoms with Crippen LogP contribution in [0.15, 0.2) is 48.2 Å². The minimum atomic E-state index is -0.215. The molecule has 1 saturated heterocycles. The number of methoxy groups -OCH3 is 1. The van der Waals surface area contributed by atoms with Gasteiger partial charge in [0.1, 0.15) is 11.4 Å². The van der Waals surface area contributed by atoms with E-state index in [1.807, 2.05) is 18.2 Å². The summed E-state index contributed by atoms with van der Waals surface area (Å²) in [7, 11) is 1.59. The molecule has 1 N–H and O–H groups in total. The molecular formula is C18H14N2O4S. The molecule has 0 radical (unpaired) electrons. The maximum Gasteiger partial charge on any atom is 0.281 e. The Morgan fingerprint density at radius 3 is 2.68 bits per heavy atom. The molecule has 25 heavy (non-hydrogen) atoms. The zero-order valence-electron chi connectivity index (χ0n) is 13.3. The third-order valence-corrected chi connectivity index (χ3v) is 4.20. The quantitative estimate of drug-likeness (QED) is 0.676. The van der Waals surface area contributed by atoms with Crippen LogP contribution in [0.4, 0.5) is 5.69 Å². The van der Waals surface area contributed by atoms with Gasteiger partial charge >= 0.3 is 0 Å². The molecule has 2 heterocycles. The molecule has 2 aromatic carbocycles. The van der Waals surface area contributed by atoms with E-state index in [4.69, 9.17) is 26.4 Å². The summed E-state index contributed by atoms with van der Waals surface area (Å²) in [6.07, 6.45) is 1.74. The Kier molecular flexibility index (Phi) is 3.77. The molecule has 0 saturated carbocycles. The SMILES string of the molecule is COc1ccc(N2C(=O)C(=Cc3ccc4c(c3)OCO4)NC2=S)cc1. The van der Waals surface area contributed by atoms with Gasteiger partial charge in [0.05, 0.1) is 12.8 Å². The van der Waals surface area contributed by atoms with Crippen molar-refractivity contribution in [2.24, 2.45) is 0 Å². The van der Waals surface area contributed by atoms with E-state index >= 15 is 0 Å². The zero-order chi connectivity index (χ0) is 17.4. The average Bonchev–Trinajstić information content (AvgIpc) is 3.19. The average molecular weight is 354 g/mol. The predicted octanol–water partition coefficient (Wildman–Crippen LogP) is 2.69. The minimum Gasteiger partial charge on any atom is -0.497 e. The van der Waals surface area contributed by atoms with Crippen molar-refractivity contribution in [3.63, 3.8) is 0 Å². The first-order chi connectivity index (χ1) is 12.2. The molecule has 0 spiro atoms. The van der Waals surface area contributed by atoms with E-state index in [-0.39, 0.29) is 12.7 Å². The number of ether oxygens (including phenoxy) is 3. The van der Waals surface area contributed by atoms with E-state index in [2.05, 4.69) is 5.32 Å². The molecule has 0 unspecified atom stereocenters. The van der Waals surface area contributed by atoms with Crippen LogP contribution >= 0.6 is 12.2 Å². The summed E-state index contributed by atoms with van der Waals surface area (Å²) >= 11 is 5.31. The van der Waals surface area contributed by atoms with Gasteiger partial charge in [0.25, 0.3) is 5.91 Å². The van der Waals surface area contributed by atoms with Gasteiger partial charge in [0.15, 0.2) is 16.6 Å². The Bertz CT molecular complexity index is 892. The molecule has 1 amide bonds. The lowest BCUT2D eigenvalue weighted by atomic mass is 10.1. The van der Waals surface area contributed by atoms with Crippen molar-refractivity contribution in [1.29, 1.82) is 0 Å². The molecule has 0 aromatic heterocycles. The van der Waals surface area contributed by atoms with Crippen molar-refractivity contribution in [2.75, 3.05) is 18.8 Å². The van der Waals surface area contributed by atoms with E-state index < -0.39 is 0 Å². The van der Waals surface area contributed by atoms with Crippen LogP contribution in [0.25, 0.3) is 6.08 Å². The maximum absolute atomic E-state index is 12.7. The number of hydrogen-bond acceptors (Lipinski definition) is 5. The summed E-state index contributed by atoms with van der Waals surface area (Å²) in [4.78, 5) is 14.2. The van der Waals surface area contributed by atoms with Crippen LogP contribution in [0.1, 0.15) is 5.56 Å². The van der Waals surface area contributed by atoms with Crippen LogP contribution < -0.4 is 24.4 Å². The lowest BCUT2D eigenvalue weighted by Crippen LogP contribution is -2.30. The highest BCUT2D eigenvalue weighted by molar-refractivity contribution is 7.80. The number of rotatable bonds is 3. The van der Waals surface area contributed by atoms with Crippen LogP contribution in [0, 0.1) is 0 Å². The molecule has 2 aromatic rings. The van der Waals surface area contributed by atoms with Gasteiger partial charge in [-0.15, -0.1) is 0 Å². The van der Waals surface area contributed by atoms with E-state index in [0.717, 1.165) is 5.56 Å². The smallest absolute Gasteiger partial charge is 0.281 e. The van der Waals surface area contributed by atoms with Gasteiger partial charge < -0.3 is 19.5 Å². The maximum atomic E-state index is 12.7. The molecular weight excluding hydrogens is 340 g/mol. The molecule has 7 heteroatoms. The van der Waals surface area contributed by atoms with Crippen molar-refractivity contribution in [3.05, 3.63) is 53.7 Å². The fourth-order valence-corrected chi connectivity index (χ4v) is 2.97. The molecule has 2 aliphatic rings. The van der Waals surface area contributed by atoms with Crippen molar-refractivity contribution in [3.8, 4) is 17.2 Å². The monoisotopic (exact) mass is 354 g/mol. The highest BCUT2D eigenvalue weighted by Gasteiger charge is 2.32. The Balaban J connectivity index is 1.62. The molecule has 4 rings (SSSR count). The van der Waals surface area contributed by atoms with Gasteiger partial charge in [-0.2, -0.15) is 0 Å². The summed E-state index contributed by atoms with van der Waals surface area (Å²) < 4.78 is 15.8. The van der Waals surface area contributed by atoms with Gasteiger partial charge in [0.2, 0.25) is 6.79 Å². The summed E-state index contributed by atoms with van der Waals surface area (Å²) in [5.74, 6) is 1.86. The number of carbonyl (C=O) groups excluding carboxylic acids is 1. The summed E-state index contributed by atoms with van der Waals surface area (Å²) in [5.41, 5.74) is 1.90. The number of nitrogens with one attached hydrogen (secondary N) is 1. The fraction of sp³-hybridized carbons (Fsp3) is 0.111. The number of amides is 1. The van der Waals surface area contributed by atoms with Crippen LogP contribution in [-0.2, 0) is 4.79 Å². The molecule has 2 aliphatic heterocycles. The van der Waals surface area contributed by atoms with Gasteiger partial charge in [-0.3, -0.25) is 9.69 Å². The second-order valence-corrected chi connectivity index (χ2v) is 5.83. The van der Waals surface area contributed by atoms with Crippen molar-refractivity contribution >= 4 is 35.0 Å². The second-order valence-electron chi connectivity index (χ2n) is 5.44. The Morgan fingerprint density at radius 2 is 1.92 bits per heavy atom. The van der Waals surface area contributed by atoms with E-state index in [9.17, 15) is 4.79 Å². The predicted molar refractivity (Wildman–Crippen MR) is 96.8 cm³/mol. The van der Waals surface area contributed by atoms with Crippen LogP contribution in [0.2, 0.25) is 0 Å². The first-order valence-electron chi connectivity index (χ1n) is 7.56. The van der Waals surface area contributed by atoms with Crippen LogP contribution in [-0.4, -0.2) is 24.9 Å². The number of fused-ring (bicyclic) bond motifs is 1. The van der Waals surface area contributed by atoms with E-state index in [0.29, 0.717) is 33.7 Å². The number of thiocarbonyl (C=S) groups is 1. The van der Waals surface area contributed by atoms with E-state index in [1.54, 1.807) is 37.5 Å². The summed E-state index contributed by atoms with van der Waals surface area (Å²) in [5, 5.41) is 3.30. The molecule has 0 bridgehead atoms. The normalized spacial score (nSPS) is 17.2. The van der Waals surface area contributed by atoms with Crippen molar-refractivity contribution in [1.82, 2.24) is 5.32 Å². The zero-order valence-corrected chi connectivity index (χ0v) is 14.1. The number of hydrogen-bond donors (Lipinski definition) is 1. The first-order valence-corrected chi connectivity index (χ1v) is 7.97. The number of anilines is 1. The Labute approximate surface area is 149 Å². The van der Waals surface area contributed by atoms with Crippen LogP contribution in [0.5, 0.6) is 17.2 Å². The summed E-state index contributed by atoms with van der Waals surface area (Å²) in [6.45, 7) is 0.210. The number of benzene rings is 2. The lowest BCUT2D eigenvalue weighted by molar-refractivity contribution is -0.113. The highest BCUT2D eigenvalue weighted by atomic mass is 32.1. The molecule has 1 fully saturated rings.